The first-order valence-electron chi connectivity index (χ1n) is 9.64. The number of aliphatic carboxylic acids is 1. The lowest BCUT2D eigenvalue weighted by atomic mass is 9.76. The number of aromatic nitrogens is 1. The lowest BCUT2D eigenvalue weighted by Gasteiger charge is -2.39. The van der Waals surface area contributed by atoms with Crippen molar-refractivity contribution in [2.45, 2.75) is 45.1 Å². The van der Waals surface area contributed by atoms with Gasteiger partial charge in [-0.1, -0.05) is 0 Å². The maximum absolute atomic E-state index is 12.5. The zero-order chi connectivity index (χ0) is 19.2. The quantitative estimate of drug-likeness (QED) is 0.814. The highest BCUT2D eigenvalue weighted by Crippen LogP contribution is 2.46. The Bertz CT molecular complexity index is 764. The Labute approximate surface area is 158 Å². The Hall–Kier alpha value is -2.44. The number of ketones is 1. The van der Waals surface area contributed by atoms with E-state index in [1.54, 1.807) is 17.2 Å². The van der Waals surface area contributed by atoms with Crippen LogP contribution in [-0.4, -0.2) is 58.3 Å². The molecule has 4 rings (SSSR count). The van der Waals surface area contributed by atoms with Crippen LogP contribution in [0.2, 0.25) is 0 Å². The molecular weight excluding hydrogens is 346 g/mol. The van der Waals surface area contributed by atoms with Crippen molar-refractivity contribution in [3.63, 3.8) is 0 Å². The first-order valence-corrected chi connectivity index (χ1v) is 9.64. The summed E-state index contributed by atoms with van der Waals surface area (Å²) in [5, 5.41) is 9.61. The summed E-state index contributed by atoms with van der Waals surface area (Å²) in [7, 11) is 0. The summed E-state index contributed by atoms with van der Waals surface area (Å²) in [6, 6.07) is 2.98. The molecule has 1 N–H and O–H groups in total. The van der Waals surface area contributed by atoms with Crippen molar-refractivity contribution in [1.29, 1.82) is 0 Å². The van der Waals surface area contributed by atoms with Gasteiger partial charge in [0.15, 0.2) is 5.78 Å². The summed E-state index contributed by atoms with van der Waals surface area (Å²) in [6.45, 7) is 3.65. The molecule has 0 aromatic carbocycles. The van der Waals surface area contributed by atoms with Gasteiger partial charge in [0.1, 0.15) is 11.9 Å². The Balaban J connectivity index is 1.43. The maximum atomic E-state index is 12.5. The average Bonchev–Trinajstić information content (AvgIpc) is 3.44. The number of pyridine rings is 1. The first kappa shape index (κ1) is 17.9. The van der Waals surface area contributed by atoms with Gasteiger partial charge in [0.05, 0.1) is 0 Å². The molecule has 1 aromatic heterocycles. The molecule has 1 spiro atoms. The summed E-state index contributed by atoms with van der Waals surface area (Å²) in [6.07, 6.45) is 5.64. The lowest BCUT2D eigenvalue weighted by molar-refractivity contribution is -0.148. The number of nitrogens with zero attached hydrogens (tertiary/aromatic N) is 3. The molecular formula is C20H25N3O4. The number of hydrogen-bond acceptors (Lipinski definition) is 5. The van der Waals surface area contributed by atoms with Crippen LogP contribution in [0.25, 0.3) is 0 Å². The van der Waals surface area contributed by atoms with Crippen LogP contribution in [-0.2, 0) is 9.59 Å². The molecule has 1 amide bonds. The molecule has 1 aromatic rings. The highest BCUT2D eigenvalue weighted by atomic mass is 16.4. The normalized spacial score (nSPS) is 24.3. The maximum Gasteiger partial charge on any atom is 0.326 e. The third kappa shape index (κ3) is 3.42. The van der Waals surface area contributed by atoms with Crippen molar-refractivity contribution >= 4 is 23.5 Å². The van der Waals surface area contributed by atoms with E-state index in [0.29, 0.717) is 18.5 Å². The SMILES string of the molecule is CC(=O)c1ccc(N2CCC3(CC2)C[C@@H](C(=O)O)N(C(=O)C2CC2)C3)nc1. The van der Waals surface area contributed by atoms with Gasteiger partial charge >= 0.3 is 5.97 Å². The molecule has 1 atom stereocenters. The number of piperidine rings is 1. The molecule has 1 saturated carbocycles. The number of anilines is 1. The minimum atomic E-state index is -0.884. The fourth-order valence-corrected chi connectivity index (χ4v) is 4.43. The standard InChI is InChI=1S/C20H25N3O4/c1-13(24)15-4-5-17(21-11-15)22-8-6-20(7-9-22)10-16(19(26)27)23(12-20)18(25)14-2-3-14/h4-5,11,14,16H,2-3,6-10,12H2,1H3,(H,26,27)/t16-/m0/s1. The fourth-order valence-electron chi connectivity index (χ4n) is 4.43. The van der Waals surface area contributed by atoms with Gasteiger partial charge < -0.3 is 14.9 Å². The smallest absolute Gasteiger partial charge is 0.326 e. The summed E-state index contributed by atoms with van der Waals surface area (Å²) < 4.78 is 0. The second-order valence-corrected chi connectivity index (χ2v) is 8.25. The number of rotatable bonds is 4. The lowest BCUT2D eigenvalue weighted by Crippen LogP contribution is -2.43. The minimum Gasteiger partial charge on any atom is -0.480 e. The number of Topliss-reactive ketones (excluding diaryl/α,β-unsaturated/α-hetero) is 1. The molecule has 1 aliphatic carbocycles. The second kappa shape index (κ2) is 6.62. The zero-order valence-electron chi connectivity index (χ0n) is 15.6. The van der Waals surface area contributed by atoms with E-state index in [1.807, 2.05) is 6.07 Å². The van der Waals surface area contributed by atoms with Crippen LogP contribution in [0.15, 0.2) is 18.3 Å². The van der Waals surface area contributed by atoms with Crippen molar-refractivity contribution in [3.8, 4) is 0 Å². The van der Waals surface area contributed by atoms with Crippen LogP contribution in [0.5, 0.6) is 0 Å². The largest absolute Gasteiger partial charge is 0.480 e. The van der Waals surface area contributed by atoms with Gasteiger partial charge in [-0.3, -0.25) is 9.59 Å². The number of carboxylic acids is 1. The van der Waals surface area contributed by atoms with Gasteiger partial charge in [0.25, 0.3) is 0 Å². The Morgan fingerprint density at radius 2 is 1.89 bits per heavy atom. The van der Waals surface area contributed by atoms with E-state index < -0.39 is 12.0 Å². The van der Waals surface area contributed by atoms with E-state index in [0.717, 1.165) is 44.6 Å². The summed E-state index contributed by atoms with van der Waals surface area (Å²) in [5.74, 6) is 0.0327. The van der Waals surface area contributed by atoms with Crippen LogP contribution in [0, 0.1) is 11.3 Å². The molecule has 144 valence electrons. The number of hydrogen-bond donors (Lipinski definition) is 1. The Morgan fingerprint density at radius 1 is 1.19 bits per heavy atom. The minimum absolute atomic E-state index is 0.00210. The number of amides is 1. The van der Waals surface area contributed by atoms with Crippen molar-refractivity contribution in [2.75, 3.05) is 24.5 Å². The molecule has 2 aliphatic heterocycles. The molecule has 0 unspecified atom stereocenters. The first-order chi connectivity index (χ1) is 12.9. The second-order valence-electron chi connectivity index (χ2n) is 8.25. The van der Waals surface area contributed by atoms with E-state index in [4.69, 9.17) is 0 Å². The van der Waals surface area contributed by atoms with Crippen molar-refractivity contribution in [1.82, 2.24) is 9.88 Å². The molecule has 0 radical (unpaired) electrons. The number of carbonyl (C=O) groups excluding carboxylic acids is 2. The van der Waals surface area contributed by atoms with Gasteiger partial charge in [-0.2, -0.15) is 0 Å². The molecule has 3 fully saturated rings. The van der Waals surface area contributed by atoms with Gasteiger partial charge in [-0.15, -0.1) is 0 Å². The molecule has 3 heterocycles. The Morgan fingerprint density at radius 3 is 2.41 bits per heavy atom. The van der Waals surface area contributed by atoms with Gasteiger partial charge in [0, 0.05) is 37.3 Å². The molecule has 7 heteroatoms. The van der Waals surface area contributed by atoms with Gasteiger partial charge in [-0.05, 0) is 56.6 Å². The average molecular weight is 371 g/mol. The van der Waals surface area contributed by atoms with E-state index in [-0.39, 0.29) is 23.0 Å². The monoisotopic (exact) mass is 371 g/mol. The van der Waals surface area contributed by atoms with E-state index >= 15 is 0 Å². The van der Waals surface area contributed by atoms with Gasteiger partial charge in [-0.25, -0.2) is 9.78 Å². The van der Waals surface area contributed by atoms with Crippen LogP contribution < -0.4 is 4.90 Å². The fraction of sp³-hybridized carbons (Fsp3) is 0.600. The molecule has 27 heavy (non-hydrogen) atoms. The van der Waals surface area contributed by atoms with Crippen LogP contribution in [0.1, 0.15) is 49.4 Å². The zero-order valence-corrected chi connectivity index (χ0v) is 15.6. The molecule has 0 bridgehead atoms. The third-order valence-electron chi connectivity index (χ3n) is 6.31. The predicted octanol–water partition coefficient (Wildman–Crippen LogP) is 1.97. The highest BCUT2D eigenvalue weighted by molar-refractivity contribution is 5.93. The summed E-state index contributed by atoms with van der Waals surface area (Å²) in [5.41, 5.74) is 0.491. The molecule has 3 aliphatic rings. The summed E-state index contributed by atoms with van der Waals surface area (Å²) in [4.78, 5) is 43.9. The number of carbonyl (C=O) groups is 3. The molecule has 7 nitrogen and oxygen atoms in total. The van der Waals surface area contributed by atoms with Crippen molar-refractivity contribution < 1.29 is 19.5 Å². The summed E-state index contributed by atoms with van der Waals surface area (Å²) >= 11 is 0. The topological polar surface area (TPSA) is 90.8 Å². The Kier molecular flexibility index (Phi) is 4.40. The predicted molar refractivity (Wildman–Crippen MR) is 98.6 cm³/mol. The van der Waals surface area contributed by atoms with Crippen LogP contribution >= 0.6 is 0 Å². The van der Waals surface area contributed by atoms with Crippen molar-refractivity contribution in [3.05, 3.63) is 23.9 Å². The molecule has 2 saturated heterocycles. The highest BCUT2D eigenvalue weighted by Gasteiger charge is 2.51. The van der Waals surface area contributed by atoms with E-state index in [1.165, 1.54) is 6.92 Å². The van der Waals surface area contributed by atoms with Crippen LogP contribution in [0.3, 0.4) is 0 Å². The van der Waals surface area contributed by atoms with Crippen molar-refractivity contribution in [2.24, 2.45) is 11.3 Å². The number of carboxylic acid groups (broad SMARTS) is 1. The van der Waals surface area contributed by atoms with Gasteiger partial charge in [0.2, 0.25) is 5.91 Å². The van der Waals surface area contributed by atoms with Crippen LogP contribution in [0.4, 0.5) is 5.82 Å². The van der Waals surface area contributed by atoms with E-state index in [9.17, 15) is 19.5 Å². The van der Waals surface area contributed by atoms with E-state index in [2.05, 4.69) is 9.88 Å². The number of likely N-dealkylation sites (tertiary alicyclic amines) is 1. The third-order valence-corrected chi connectivity index (χ3v) is 6.31.